The van der Waals surface area contributed by atoms with Crippen LogP contribution in [0.2, 0.25) is 5.15 Å². The van der Waals surface area contributed by atoms with Gasteiger partial charge in [0.1, 0.15) is 3.70 Å². The predicted octanol–water partition coefficient (Wildman–Crippen LogP) is 2.30. The van der Waals surface area contributed by atoms with E-state index in [2.05, 4.69) is 32.6 Å². The van der Waals surface area contributed by atoms with Gasteiger partial charge in [0, 0.05) is 12.4 Å². The smallest absolute Gasteiger partial charge is 0.175 e. The summed E-state index contributed by atoms with van der Waals surface area (Å²) in [5, 5.41) is 0.454. The summed E-state index contributed by atoms with van der Waals surface area (Å²) in [5.41, 5.74) is 1.66. The van der Waals surface area contributed by atoms with E-state index in [4.69, 9.17) is 11.6 Å². The van der Waals surface area contributed by atoms with Crippen LogP contribution in [0.3, 0.4) is 0 Å². The second-order valence-corrected chi connectivity index (χ2v) is 3.93. The second-order valence-electron chi connectivity index (χ2n) is 2.47. The van der Waals surface area contributed by atoms with Crippen molar-refractivity contribution >= 4 is 39.8 Å². The van der Waals surface area contributed by atoms with E-state index >= 15 is 0 Å². The molecule has 0 unspecified atom stereocenters. The molecule has 0 radical (unpaired) electrons. The van der Waals surface area contributed by atoms with Crippen LogP contribution in [-0.2, 0) is 0 Å². The molecule has 0 aliphatic rings. The number of hydrogen-bond acceptors (Lipinski definition) is 2. The van der Waals surface area contributed by atoms with Crippen molar-refractivity contribution in [3.63, 3.8) is 0 Å². The number of hydrogen-bond donors (Lipinski definition) is 0. The normalized spacial score (nSPS) is 10.9. The molecule has 0 aliphatic carbocycles. The van der Waals surface area contributed by atoms with E-state index in [1.807, 2.05) is 23.7 Å². The Morgan fingerprint density at radius 2 is 2.17 bits per heavy atom. The number of rotatable bonds is 0. The molecule has 0 bridgehead atoms. The quantitative estimate of drug-likeness (QED) is 0.698. The standard InChI is InChI=1S/C7H5ClIN3/c1-4-2-12-3-5(9)11-6(8)7(12)10-4/h2-3H,1H3. The van der Waals surface area contributed by atoms with Gasteiger partial charge in [0.05, 0.1) is 5.69 Å². The van der Waals surface area contributed by atoms with Gasteiger partial charge < -0.3 is 4.40 Å². The fourth-order valence-electron chi connectivity index (χ4n) is 1.05. The summed E-state index contributed by atoms with van der Waals surface area (Å²) in [6.07, 6.45) is 3.81. The summed E-state index contributed by atoms with van der Waals surface area (Å²) in [7, 11) is 0. The lowest BCUT2D eigenvalue weighted by molar-refractivity contribution is 1.10. The zero-order valence-electron chi connectivity index (χ0n) is 6.25. The number of fused-ring (bicyclic) bond motifs is 1. The third-order valence-electron chi connectivity index (χ3n) is 1.49. The van der Waals surface area contributed by atoms with Gasteiger partial charge >= 0.3 is 0 Å². The maximum Gasteiger partial charge on any atom is 0.175 e. The van der Waals surface area contributed by atoms with Gasteiger partial charge in [-0.15, -0.1) is 0 Å². The minimum atomic E-state index is 0.454. The highest BCUT2D eigenvalue weighted by atomic mass is 127. The molecule has 12 heavy (non-hydrogen) atoms. The van der Waals surface area contributed by atoms with Crippen LogP contribution in [0.1, 0.15) is 5.69 Å². The highest BCUT2D eigenvalue weighted by Crippen LogP contribution is 2.15. The summed E-state index contributed by atoms with van der Waals surface area (Å²) in [6, 6.07) is 0. The molecule has 0 saturated carbocycles. The van der Waals surface area contributed by atoms with Gasteiger partial charge in [-0.1, -0.05) is 11.6 Å². The zero-order chi connectivity index (χ0) is 8.72. The van der Waals surface area contributed by atoms with E-state index in [-0.39, 0.29) is 0 Å². The van der Waals surface area contributed by atoms with Crippen molar-refractivity contribution < 1.29 is 0 Å². The molecule has 0 aromatic carbocycles. The van der Waals surface area contributed by atoms with Crippen molar-refractivity contribution in [2.24, 2.45) is 0 Å². The van der Waals surface area contributed by atoms with Gasteiger partial charge in [0.25, 0.3) is 0 Å². The van der Waals surface area contributed by atoms with Crippen molar-refractivity contribution in [3.8, 4) is 0 Å². The molecule has 0 amide bonds. The SMILES string of the molecule is Cc1cn2cc(I)nc(Cl)c2n1. The van der Waals surface area contributed by atoms with Gasteiger partial charge in [-0.25, -0.2) is 9.97 Å². The van der Waals surface area contributed by atoms with Crippen LogP contribution in [0.5, 0.6) is 0 Å². The number of imidazole rings is 1. The highest BCUT2D eigenvalue weighted by Gasteiger charge is 2.04. The Balaban J connectivity index is 2.88. The molecule has 2 heterocycles. The second kappa shape index (κ2) is 2.85. The number of aromatic nitrogens is 3. The van der Waals surface area contributed by atoms with Gasteiger partial charge in [-0.05, 0) is 29.5 Å². The fourth-order valence-corrected chi connectivity index (χ4v) is 1.97. The Morgan fingerprint density at radius 3 is 2.92 bits per heavy atom. The Labute approximate surface area is 87.9 Å². The van der Waals surface area contributed by atoms with Crippen molar-refractivity contribution in [3.05, 3.63) is 26.9 Å². The van der Waals surface area contributed by atoms with Crippen molar-refractivity contribution in [2.45, 2.75) is 6.92 Å². The maximum absolute atomic E-state index is 5.88. The molecular formula is C7H5ClIN3. The molecule has 62 valence electrons. The lowest BCUT2D eigenvalue weighted by Gasteiger charge is -1.95. The lowest BCUT2D eigenvalue weighted by Crippen LogP contribution is -1.90. The average Bonchev–Trinajstić information content (AvgIpc) is 2.29. The van der Waals surface area contributed by atoms with E-state index in [9.17, 15) is 0 Å². The van der Waals surface area contributed by atoms with E-state index in [1.165, 1.54) is 0 Å². The summed E-state index contributed by atoms with van der Waals surface area (Å²) in [5.74, 6) is 0. The largest absolute Gasteiger partial charge is 0.302 e. The Hall–Kier alpha value is -0.360. The molecule has 0 N–H and O–H groups in total. The van der Waals surface area contributed by atoms with Crippen molar-refractivity contribution in [2.75, 3.05) is 0 Å². The summed E-state index contributed by atoms with van der Waals surface area (Å²) in [6.45, 7) is 1.93. The van der Waals surface area contributed by atoms with Crippen LogP contribution >= 0.6 is 34.2 Å². The van der Waals surface area contributed by atoms with Crippen molar-refractivity contribution in [1.82, 2.24) is 14.4 Å². The molecule has 0 fully saturated rings. The fraction of sp³-hybridized carbons (Fsp3) is 0.143. The van der Waals surface area contributed by atoms with Crippen LogP contribution in [0, 0.1) is 10.6 Å². The third-order valence-corrected chi connectivity index (χ3v) is 2.26. The average molecular weight is 293 g/mol. The molecule has 0 saturated heterocycles. The predicted molar refractivity (Wildman–Crippen MR) is 55.5 cm³/mol. The first-order valence-corrected chi connectivity index (χ1v) is 4.80. The van der Waals surface area contributed by atoms with E-state index < -0.39 is 0 Å². The maximum atomic E-state index is 5.88. The third kappa shape index (κ3) is 1.29. The van der Waals surface area contributed by atoms with Crippen molar-refractivity contribution in [1.29, 1.82) is 0 Å². The Morgan fingerprint density at radius 1 is 1.42 bits per heavy atom. The van der Waals surface area contributed by atoms with E-state index in [0.717, 1.165) is 15.0 Å². The summed E-state index contributed by atoms with van der Waals surface area (Å²) < 4.78 is 2.74. The van der Waals surface area contributed by atoms with Gasteiger partial charge in [0.15, 0.2) is 10.8 Å². The minimum Gasteiger partial charge on any atom is -0.302 e. The molecule has 2 rings (SSSR count). The first-order chi connectivity index (χ1) is 5.66. The Bertz CT molecular complexity index is 437. The number of aryl methyl sites for hydroxylation is 1. The van der Waals surface area contributed by atoms with Crippen LogP contribution < -0.4 is 0 Å². The summed E-state index contributed by atoms with van der Waals surface area (Å²) in [4.78, 5) is 8.30. The van der Waals surface area contributed by atoms with Crippen LogP contribution in [-0.4, -0.2) is 14.4 Å². The van der Waals surface area contributed by atoms with Gasteiger partial charge in [-0.2, -0.15) is 0 Å². The first-order valence-electron chi connectivity index (χ1n) is 3.34. The summed E-state index contributed by atoms with van der Waals surface area (Å²) >= 11 is 8.00. The van der Waals surface area contributed by atoms with Gasteiger partial charge in [-0.3, -0.25) is 0 Å². The Kier molecular flexibility index (Phi) is 1.96. The topological polar surface area (TPSA) is 30.2 Å². The monoisotopic (exact) mass is 293 g/mol. The van der Waals surface area contributed by atoms with Crippen LogP contribution in [0.15, 0.2) is 12.4 Å². The van der Waals surface area contributed by atoms with Crippen LogP contribution in [0.4, 0.5) is 0 Å². The number of nitrogens with zero attached hydrogens (tertiary/aromatic N) is 3. The minimum absolute atomic E-state index is 0.454. The molecule has 5 heteroatoms. The molecular weight excluding hydrogens is 288 g/mol. The number of halogens is 2. The lowest BCUT2D eigenvalue weighted by atomic mass is 10.6. The highest BCUT2D eigenvalue weighted by molar-refractivity contribution is 14.1. The molecule has 2 aromatic rings. The molecule has 3 nitrogen and oxygen atoms in total. The molecule has 0 spiro atoms. The van der Waals surface area contributed by atoms with E-state index in [0.29, 0.717) is 5.15 Å². The van der Waals surface area contributed by atoms with Gasteiger partial charge in [0.2, 0.25) is 0 Å². The molecule has 2 aromatic heterocycles. The van der Waals surface area contributed by atoms with E-state index in [1.54, 1.807) is 0 Å². The molecule has 0 atom stereocenters. The van der Waals surface area contributed by atoms with Crippen LogP contribution in [0.25, 0.3) is 5.65 Å². The zero-order valence-corrected chi connectivity index (χ0v) is 9.17. The first kappa shape index (κ1) is 8.25. The molecule has 0 aliphatic heterocycles.